The van der Waals surface area contributed by atoms with E-state index in [0.717, 1.165) is 39.6 Å². The zero-order valence-corrected chi connectivity index (χ0v) is 14.6. The molecule has 0 bridgehead atoms. The van der Waals surface area contributed by atoms with Crippen molar-refractivity contribution in [3.8, 4) is 0 Å². The Morgan fingerprint density at radius 1 is 1.20 bits per heavy atom. The minimum Gasteiger partial charge on any atom is -0.322 e. The molecule has 0 saturated carbocycles. The number of carbonyl (C=O) groups is 2. The standard InChI is InChI=1S/C19H17N3O2S/c1-12-20-16-9-6-14(11-17(16)25-12)21-19(24)13-4-7-15(8-5-13)22-10-2-3-18(22)23/h4-9,11H,2-3,10H2,1H3,(H,21,24). The van der Waals surface area contributed by atoms with Gasteiger partial charge < -0.3 is 10.2 Å². The highest BCUT2D eigenvalue weighted by molar-refractivity contribution is 7.18. The molecule has 0 radical (unpaired) electrons. The van der Waals surface area contributed by atoms with Gasteiger partial charge in [-0.05, 0) is 55.8 Å². The molecular weight excluding hydrogens is 334 g/mol. The van der Waals surface area contributed by atoms with Gasteiger partial charge in [0.05, 0.1) is 15.2 Å². The quantitative estimate of drug-likeness (QED) is 0.776. The van der Waals surface area contributed by atoms with E-state index in [1.807, 2.05) is 37.3 Å². The van der Waals surface area contributed by atoms with Gasteiger partial charge in [-0.2, -0.15) is 0 Å². The van der Waals surface area contributed by atoms with Gasteiger partial charge in [-0.1, -0.05) is 0 Å². The summed E-state index contributed by atoms with van der Waals surface area (Å²) < 4.78 is 1.05. The van der Waals surface area contributed by atoms with Crippen molar-refractivity contribution in [1.29, 1.82) is 0 Å². The number of hydrogen-bond donors (Lipinski definition) is 1. The van der Waals surface area contributed by atoms with E-state index in [1.54, 1.807) is 28.4 Å². The Labute approximate surface area is 149 Å². The molecule has 1 N–H and O–H groups in total. The third-order valence-corrected chi connectivity index (χ3v) is 5.20. The summed E-state index contributed by atoms with van der Waals surface area (Å²) in [6.45, 7) is 2.72. The number of aryl methyl sites for hydroxylation is 1. The summed E-state index contributed by atoms with van der Waals surface area (Å²) in [6, 6.07) is 12.9. The van der Waals surface area contributed by atoms with E-state index in [2.05, 4.69) is 10.3 Å². The number of thiazole rings is 1. The summed E-state index contributed by atoms with van der Waals surface area (Å²) in [7, 11) is 0. The Morgan fingerprint density at radius 3 is 2.72 bits per heavy atom. The van der Waals surface area contributed by atoms with E-state index in [-0.39, 0.29) is 11.8 Å². The minimum absolute atomic E-state index is 0.144. The van der Waals surface area contributed by atoms with Gasteiger partial charge in [0.25, 0.3) is 5.91 Å². The van der Waals surface area contributed by atoms with Crippen molar-refractivity contribution < 1.29 is 9.59 Å². The highest BCUT2D eigenvalue weighted by Gasteiger charge is 2.21. The molecule has 0 spiro atoms. The van der Waals surface area contributed by atoms with E-state index in [0.29, 0.717) is 12.0 Å². The van der Waals surface area contributed by atoms with Crippen molar-refractivity contribution in [3.63, 3.8) is 0 Å². The second kappa shape index (κ2) is 6.29. The first-order chi connectivity index (χ1) is 12.1. The molecule has 2 aromatic carbocycles. The lowest BCUT2D eigenvalue weighted by atomic mass is 10.1. The Balaban J connectivity index is 1.50. The maximum Gasteiger partial charge on any atom is 0.255 e. The van der Waals surface area contributed by atoms with Crippen molar-refractivity contribution in [2.24, 2.45) is 0 Å². The SMILES string of the molecule is Cc1nc2ccc(NC(=O)c3ccc(N4CCCC4=O)cc3)cc2s1. The van der Waals surface area contributed by atoms with E-state index in [9.17, 15) is 9.59 Å². The topological polar surface area (TPSA) is 62.3 Å². The molecule has 25 heavy (non-hydrogen) atoms. The van der Waals surface area contributed by atoms with Crippen LogP contribution in [0.2, 0.25) is 0 Å². The van der Waals surface area contributed by atoms with Crippen LogP contribution in [-0.2, 0) is 4.79 Å². The van der Waals surface area contributed by atoms with Gasteiger partial charge in [-0.25, -0.2) is 4.98 Å². The summed E-state index contributed by atoms with van der Waals surface area (Å²) in [5, 5.41) is 3.92. The van der Waals surface area contributed by atoms with Crippen LogP contribution < -0.4 is 10.2 Å². The van der Waals surface area contributed by atoms with Crippen molar-refractivity contribution >= 4 is 44.7 Å². The number of carbonyl (C=O) groups excluding carboxylic acids is 2. The number of rotatable bonds is 3. The van der Waals surface area contributed by atoms with Crippen LogP contribution in [0.5, 0.6) is 0 Å². The number of nitrogens with zero attached hydrogens (tertiary/aromatic N) is 2. The smallest absolute Gasteiger partial charge is 0.255 e. The summed E-state index contributed by atoms with van der Waals surface area (Å²) in [4.78, 5) is 30.4. The van der Waals surface area contributed by atoms with Crippen LogP contribution in [0.25, 0.3) is 10.2 Å². The molecule has 1 aromatic heterocycles. The van der Waals surface area contributed by atoms with E-state index in [4.69, 9.17) is 0 Å². The van der Waals surface area contributed by atoms with Gasteiger partial charge >= 0.3 is 0 Å². The molecule has 1 aliphatic rings. The fourth-order valence-electron chi connectivity index (χ4n) is 3.03. The summed E-state index contributed by atoms with van der Waals surface area (Å²) >= 11 is 1.61. The number of benzene rings is 2. The predicted molar refractivity (Wildman–Crippen MR) is 100 cm³/mol. The molecule has 0 atom stereocenters. The number of fused-ring (bicyclic) bond motifs is 1. The van der Waals surface area contributed by atoms with Crippen LogP contribution in [0.1, 0.15) is 28.2 Å². The third kappa shape index (κ3) is 3.13. The molecule has 6 heteroatoms. The van der Waals surface area contributed by atoms with Gasteiger partial charge in [-0.15, -0.1) is 11.3 Å². The molecule has 1 aliphatic heterocycles. The molecule has 126 valence electrons. The first-order valence-electron chi connectivity index (χ1n) is 8.19. The van der Waals surface area contributed by atoms with Gasteiger partial charge in [0.15, 0.2) is 0 Å². The molecule has 5 nitrogen and oxygen atoms in total. The maximum absolute atomic E-state index is 12.4. The number of anilines is 2. The second-order valence-electron chi connectivity index (χ2n) is 6.07. The zero-order valence-electron chi connectivity index (χ0n) is 13.8. The Morgan fingerprint density at radius 2 is 2.00 bits per heavy atom. The van der Waals surface area contributed by atoms with Gasteiger partial charge in [-0.3, -0.25) is 9.59 Å². The van der Waals surface area contributed by atoms with E-state index < -0.39 is 0 Å². The average Bonchev–Trinajstić information content (AvgIpc) is 3.19. The number of nitrogens with one attached hydrogen (secondary N) is 1. The number of aromatic nitrogens is 1. The van der Waals surface area contributed by atoms with Gasteiger partial charge in [0, 0.05) is 29.9 Å². The lowest BCUT2D eigenvalue weighted by Gasteiger charge is -2.15. The highest BCUT2D eigenvalue weighted by Crippen LogP contribution is 2.25. The summed E-state index contributed by atoms with van der Waals surface area (Å²) in [6.07, 6.45) is 1.49. The molecule has 1 fully saturated rings. The van der Waals surface area contributed by atoms with Crippen LogP contribution in [0.4, 0.5) is 11.4 Å². The van der Waals surface area contributed by atoms with Gasteiger partial charge in [0.2, 0.25) is 5.91 Å². The summed E-state index contributed by atoms with van der Waals surface area (Å²) in [5.74, 6) is -0.0229. The molecule has 2 amide bonds. The lowest BCUT2D eigenvalue weighted by molar-refractivity contribution is -0.117. The molecule has 0 aliphatic carbocycles. The predicted octanol–water partition coefficient (Wildman–Crippen LogP) is 3.98. The molecule has 1 saturated heterocycles. The van der Waals surface area contributed by atoms with Crippen LogP contribution in [-0.4, -0.2) is 23.3 Å². The summed E-state index contributed by atoms with van der Waals surface area (Å²) in [5.41, 5.74) is 3.11. The van der Waals surface area contributed by atoms with Crippen LogP contribution >= 0.6 is 11.3 Å². The first kappa shape index (κ1) is 15.8. The van der Waals surface area contributed by atoms with Crippen LogP contribution in [0.3, 0.4) is 0 Å². The van der Waals surface area contributed by atoms with Crippen LogP contribution in [0, 0.1) is 6.92 Å². The third-order valence-electron chi connectivity index (χ3n) is 4.27. The number of amides is 2. The van der Waals surface area contributed by atoms with Crippen molar-refractivity contribution in [2.45, 2.75) is 19.8 Å². The first-order valence-corrected chi connectivity index (χ1v) is 9.01. The highest BCUT2D eigenvalue weighted by atomic mass is 32.1. The van der Waals surface area contributed by atoms with Crippen molar-refractivity contribution in [2.75, 3.05) is 16.8 Å². The Kier molecular flexibility index (Phi) is 3.97. The zero-order chi connectivity index (χ0) is 17.4. The van der Waals surface area contributed by atoms with Crippen LogP contribution in [0.15, 0.2) is 42.5 Å². The average molecular weight is 351 g/mol. The molecule has 2 heterocycles. The van der Waals surface area contributed by atoms with E-state index >= 15 is 0 Å². The normalized spacial score (nSPS) is 14.3. The van der Waals surface area contributed by atoms with Gasteiger partial charge in [0.1, 0.15) is 0 Å². The Hall–Kier alpha value is -2.73. The Bertz CT molecular complexity index is 962. The van der Waals surface area contributed by atoms with Crippen molar-refractivity contribution in [1.82, 2.24) is 4.98 Å². The molecule has 3 aromatic rings. The number of hydrogen-bond acceptors (Lipinski definition) is 4. The fourth-order valence-corrected chi connectivity index (χ4v) is 3.90. The molecule has 4 rings (SSSR count). The van der Waals surface area contributed by atoms with E-state index in [1.165, 1.54) is 0 Å². The largest absolute Gasteiger partial charge is 0.322 e. The fraction of sp³-hybridized carbons (Fsp3) is 0.211. The second-order valence-corrected chi connectivity index (χ2v) is 7.30. The maximum atomic E-state index is 12.4. The van der Waals surface area contributed by atoms with Crippen molar-refractivity contribution in [3.05, 3.63) is 53.0 Å². The molecule has 0 unspecified atom stereocenters. The molecular formula is C19H17N3O2S. The lowest BCUT2D eigenvalue weighted by Crippen LogP contribution is -2.23. The minimum atomic E-state index is -0.167. The monoisotopic (exact) mass is 351 g/mol.